The van der Waals surface area contributed by atoms with Crippen LogP contribution < -0.4 is 0 Å². The van der Waals surface area contributed by atoms with Gasteiger partial charge in [0.2, 0.25) is 0 Å². The van der Waals surface area contributed by atoms with Gasteiger partial charge in [-0.2, -0.15) is 5.26 Å². The quantitative estimate of drug-likeness (QED) is 0.553. The highest BCUT2D eigenvalue weighted by molar-refractivity contribution is 6.33. The molecule has 2 aromatic rings. The third-order valence-corrected chi connectivity index (χ3v) is 4.38. The average molecular weight is 340 g/mol. The molecule has 0 aliphatic heterocycles. The molecule has 0 saturated heterocycles. The molecule has 1 unspecified atom stereocenters. The SMILES string of the molecule is CCN(C)C=Nc1cc(C)c(C(C#N)c2ccc(C)cc2)cc1Cl. The summed E-state index contributed by atoms with van der Waals surface area (Å²) in [6, 6.07) is 14.2. The molecule has 0 heterocycles. The standard InChI is InChI=1S/C20H22ClN3/c1-5-24(4)13-23-20-10-15(3)17(11-19(20)21)18(12-22)16-8-6-14(2)7-9-16/h6-11,13,18H,5H2,1-4H3. The van der Waals surface area contributed by atoms with Crippen LogP contribution in [0.15, 0.2) is 41.4 Å². The summed E-state index contributed by atoms with van der Waals surface area (Å²) in [6.07, 6.45) is 1.77. The highest BCUT2D eigenvalue weighted by atomic mass is 35.5. The normalized spacial score (nSPS) is 12.2. The van der Waals surface area contributed by atoms with Crippen LogP contribution in [0.4, 0.5) is 5.69 Å². The van der Waals surface area contributed by atoms with Gasteiger partial charge in [-0.3, -0.25) is 0 Å². The molecule has 0 aliphatic rings. The minimum absolute atomic E-state index is 0.334. The second-order valence-electron chi connectivity index (χ2n) is 5.95. The van der Waals surface area contributed by atoms with Crippen molar-refractivity contribution in [3.63, 3.8) is 0 Å². The molecule has 0 spiro atoms. The first kappa shape index (κ1) is 18.0. The Bertz CT molecular complexity index is 773. The maximum absolute atomic E-state index is 9.67. The molecule has 0 aliphatic carbocycles. The minimum Gasteiger partial charge on any atom is -0.366 e. The van der Waals surface area contributed by atoms with E-state index < -0.39 is 0 Å². The second kappa shape index (κ2) is 7.99. The van der Waals surface area contributed by atoms with Crippen LogP contribution in [0.5, 0.6) is 0 Å². The van der Waals surface area contributed by atoms with Crippen molar-refractivity contribution in [2.75, 3.05) is 13.6 Å². The van der Waals surface area contributed by atoms with Gasteiger partial charge in [-0.1, -0.05) is 41.4 Å². The van der Waals surface area contributed by atoms with Crippen LogP contribution in [-0.2, 0) is 0 Å². The van der Waals surface area contributed by atoms with Gasteiger partial charge in [0, 0.05) is 13.6 Å². The first-order valence-electron chi connectivity index (χ1n) is 7.97. The van der Waals surface area contributed by atoms with Gasteiger partial charge in [0.1, 0.15) is 0 Å². The summed E-state index contributed by atoms with van der Waals surface area (Å²) in [5.74, 6) is -0.334. The summed E-state index contributed by atoms with van der Waals surface area (Å²) in [5.41, 5.74) is 4.81. The van der Waals surface area contributed by atoms with Gasteiger partial charge < -0.3 is 4.90 Å². The minimum atomic E-state index is -0.334. The summed E-state index contributed by atoms with van der Waals surface area (Å²) in [4.78, 5) is 6.41. The zero-order chi connectivity index (χ0) is 17.7. The van der Waals surface area contributed by atoms with Gasteiger partial charge in [-0.25, -0.2) is 4.99 Å². The topological polar surface area (TPSA) is 39.4 Å². The molecule has 24 heavy (non-hydrogen) atoms. The number of hydrogen-bond donors (Lipinski definition) is 0. The molecule has 2 rings (SSSR count). The van der Waals surface area contributed by atoms with Crippen molar-refractivity contribution in [1.82, 2.24) is 4.90 Å². The van der Waals surface area contributed by atoms with Crippen molar-refractivity contribution in [3.8, 4) is 6.07 Å². The molecule has 1 atom stereocenters. The molecule has 0 aromatic heterocycles. The molecular weight excluding hydrogens is 318 g/mol. The number of aryl methyl sites for hydroxylation is 2. The van der Waals surface area contributed by atoms with E-state index >= 15 is 0 Å². The van der Waals surface area contributed by atoms with Gasteiger partial charge >= 0.3 is 0 Å². The van der Waals surface area contributed by atoms with Crippen LogP contribution in [0.3, 0.4) is 0 Å². The Balaban J connectivity index is 2.40. The summed E-state index contributed by atoms with van der Waals surface area (Å²) < 4.78 is 0. The summed E-state index contributed by atoms with van der Waals surface area (Å²) >= 11 is 6.40. The maximum atomic E-state index is 9.67. The van der Waals surface area contributed by atoms with Gasteiger partial charge in [-0.15, -0.1) is 0 Å². The van der Waals surface area contributed by atoms with Crippen molar-refractivity contribution in [3.05, 3.63) is 63.7 Å². The van der Waals surface area contributed by atoms with Crippen LogP contribution in [0.1, 0.15) is 35.1 Å². The predicted molar refractivity (Wildman–Crippen MR) is 101 cm³/mol. The van der Waals surface area contributed by atoms with Crippen molar-refractivity contribution in [1.29, 1.82) is 5.26 Å². The fourth-order valence-electron chi connectivity index (χ4n) is 2.42. The Labute approximate surface area is 149 Å². The van der Waals surface area contributed by atoms with Crippen LogP contribution >= 0.6 is 11.6 Å². The van der Waals surface area contributed by atoms with E-state index in [9.17, 15) is 5.26 Å². The van der Waals surface area contributed by atoms with Crippen LogP contribution in [0, 0.1) is 25.2 Å². The number of aliphatic imine (C=N–C) groups is 1. The molecule has 0 saturated carbocycles. The zero-order valence-electron chi connectivity index (χ0n) is 14.5. The summed E-state index contributed by atoms with van der Waals surface area (Å²) in [6.45, 7) is 6.96. The molecule has 0 fully saturated rings. The summed E-state index contributed by atoms with van der Waals surface area (Å²) in [7, 11) is 1.96. The largest absolute Gasteiger partial charge is 0.366 e. The highest BCUT2D eigenvalue weighted by Gasteiger charge is 2.17. The Morgan fingerprint density at radius 2 is 1.92 bits per heavy atom. The second-order valence-corrected chi connectivity index (χ2v) is 6.36. The van der Waals surface area contributed by atoms with E-state index in [1.807, 2.05) is 62.2 Å². The Kier molecular flexibility index (Phi) is 6.00. The molecular formula is C20H22ClN3. The Morgan fingerprint density at radius 1 is 1.25 bits per heavy atom. The highest BCUT2D eigenvalue weighted by Crippen LogP contribution is 2.34. The predicted octanol–water partition coefficient (Wildman–Crippen LogP) is 5.22. The van der Waals surface area contributed by atoms with Crippen molar-refractivity contribution < 1.29 is 0 Å². The number of halogens is 1. The van der Waals surface area contributed by atoms with E-state index in [0.717, 1.165) is 28.9 Å². The fraction of sp³-hybridized carbons (Fsp3) is 0.300. The van der Waals surface area contributed by atoms with E-state index in [1.54, 1.807) is 6.34 Å². The van der Waals surface area contributed by atoms with Gasteiger partial charge in [0.15, 0.2) is 0 Å². The lowest BCUT2D eigenvalue weighted by Gasteiger charge is -2.15. The first-order valence-corrected chi connectivity index (χ1v) is 8.34. The molecule has 2 aromatic carbocycles. The van der Waals surface area contributed by atoms with Crippen molar-refractivity contribution >= 4 is 23.6 Å². The van der Waals surface area contributed by atoms with E-state index in [4.69, 9.17) is 11.6 Å². The summed E-state index contributed by atoms with van der Waals surface area (Å²) in [5, 5.41) is 10.2. The van der Waals surface area contributed by atoms with Crippen LogP contribution in [0.2, 0.25) is 5.02 Å². The number of hydrogen-bond acceptors (Lipinski definition) is 2. The van der Waals surface area contributed by atoms with E-state index in [0.29, 0.717) is 5.02 Å². The van der Waals surface area contributed by atoms with Gasteiger partial charge in [0.25, 0.3) is 0 Å². The first-order chi connectivity index (χ1) is 11.5. The smallest absolute Gasteiger partial charge is 0.0965 e. The Hall–Kier alpha value is -2.31. The Morgan fingerprint density at radius 3 is 2.50 bits per heavy atom. The van der Waals surface area contributed by atoms with E-state index in [1.165, 1.54) is 5.56 Å². The van der Waals surface area contributed by atoms with Crippen molar-refractivity contribution in [2.24, 2.45) is 4.99 Å². The van der Waals surface area contributed by atoms with E-state index in [2.05, 4.69) is 18.0 Å². The third-order valence-electron chi connectivity index (χ3n) is 4.08. The molecule has 124 valence electrons. The van der Waals surface area contributed by atoms with Gasteiger partial charge in [0.05, 0.1) is 29.0 Å². The molecule has 0 radical (unpaired) electrons. The number of rotatable bonds is 5. The monoisotopic (exact) mass is 339 g/mol. The lowest BCUT2D eigenvalue weighted by molar-refractivity contribution is 0.552. The number of nitrogens with zero attached hydrogens (tertiary/aromatic N) is 3. The molecule has 0 amide bonds. The van der Waals surface area contributed by atoms with Crippen LogP contribution in [-0.4, -0.2) is 24.8 Å². The number of benzene rings is 2. The molecule has 3 nitrogen and oxygen atoms in total. The maximum Gasteiger partial charge on any atom is 0.0965 e. The van der Waals surface area contributed by atoms with E-state index in [-0.39, 0.29) is 5.92 Å². The van der Waals surface area contributed by atoms with Gasteiger partial charge in [-0.05, 0) is 49.6 Å². The van der Waals surface area contributed by atoms with Crippen LogP contribution in [0.25, 0.3) is 0 Å². The molecule has 4 heteroatoms. The fourth-order valence-corrected chi connectivity index (χ4v) is 2.64. The molecule has 0 bridgehead atoms. The molecule has 0 N–H and O–H groups in total. The zero-order valence-corrected chi connectivity index (χ0v) is 15.3. The lowest BCUT2D eigenvalue weighted by Crippen LogP contribution is -2.14. The number of nitriles is 1. The van der Waals surface area contributed by atoms with Crippen molar-refractivity contribution in [2.45, 2.75) is 26.7 Å². The lowest BCUT2D eigenvalue weighted by atomic mass is 9.89. The third kappa shape index (κ3) is 4.15. The average Bonchev–Trinajstić information content (AvgIpc) is 2.58.